The highest BCUT2D eigenvalue weighted by Crippen LogP contribution is 2.36. The van der Waals surface area contributed by atoms with Crippen molar-refractivity contribution in [2.75, 3.05) is 0 Å². The second kappa shape index (κ2) is 6.60. The Labute approximate surface area is 123 Å². The van der Waals surface area contributed by atoms with Crippen molar-refractivity contribution in [3.05, 3.63) is 45.9 Å². The molecule has 20 heavy (non-hydrogen) atoms. The van der Waals surface area contributed by atoms with Crippen molar-refractivity contribution in [3.63, 3.8) is 0 Å². The number of hydrogen-bond acceptors (Lipinski definition) is 4. The molecule has 0 fully saturated rings. The molecule has 0 unspecified atom stereocenters. The molecule has 0 spiro atoms. The number of halogens is 3. The Morgan fingerprint density at radius 2 is 1.90 bits per heavy atom. The van der Waals surface area contributed by atoms with E-state index in [0.29, 0.717) is 13.1 Å². The van der Waals surface area contributed by atoms with E-state index in [0.717, 1.165) is 16.3 Å². The Hall–Kier alpha value is -1.05. The molecule has 0 aliphatic carbocycles. The van der Waals surface area contributed by atoms with Crippen molar-refractivity contribution >= 4 is 23.1 Å². The third kappa shape index (κ3) is 5.15. The van der Waals surface area contributed by atoms with Gasteiger partial charge in [0.25, 0.3) is 0 Å². The first kappa shape index (κ1) is 15.3. The number of rotatable bonds is 5. The van der Waals surface area contributed by atoms with Gasteiger partial charge in [0.15, 0.2) is 0 Å². The Bertz CT molecular complexity index is 549. The number of alkyl halides is 3. The number of thioether (sulfide) groups is 1. The first-order chi connectivity index (χ1) is 9.42. The zero-order valence-corrected chi connectivity index (χ0v) is 12.3. The molecule has 0 bridgehead atoms. The van der Waals surface area contributed by atoms with Gasteiger partial charge in [-0.2, -0.15) is 13.2 Å². The second-order valence-electron chi connectivity index (χ2n) is 4.15. The van der Waals surface area contributed by atoms with Crippen LogP contribution in [-0.4, -0.2) is 10.5 Å². The van der Waals surface area contributed by atoms with E-state index in [4.69, 9.17) is 0 Å². The number of nitrogens with zero attached hydrogens (tertiary/aromatic N) is 1. The Morgan fingerprint density at radius 1 is 1.20 bits per heavy atom. The van der Waals surface area contributed by atoms with Crippen molar-refractivity contribution in [1.29, 1.82) is 0 Å². The van der Waals surface area contributed by atoms with E-state index in [1.807, 2.05) is 12.3 Å². The lowest BCUT2D eigenvalue weighted by atomic mass is 10.2. The van der Waals surface area contributed by atoms with Gasteiger partial charge in [-0.25, -0.2) is 4.98 Å². The summed E-state index contributed by atoms with van der Waals surface area (Å²) in [4.78, 5) is 4.53. The molecule has 2 aromatic rings. The zero-order valence-electron chi connectivity index (χ0n) is 10.7. The van der Waals surface area contributed by atoms with Gasteiger partial charge in [-0.15, -0.1) is 11.3 Å². The number of thiazole rings is 1. The number of hydrogen-bond donors (Lipinski definition) is 1. The third-order valence-corrected chi connectivity index (χ3v) is 4.02. The summed E-state index contributed by atoms with van der Waals surface area (Å²) in [6, 6.07) is 6.38. The molecule has 0 amide bonds. The molecule has 0 aliphatic rings. The van der Waals surface area contributed by atoms with Crippen LogP contribution in [0.5, 0.6) is 0 Å². The van der Waals surface area contributed by atoms with Gasteiger partial charge in [0.2, 0.25) is 0 Å². The lowest BCUT2D eigenvalue weighted by molar-refractivity contribution is -0.0328. The quantitative estimate of drug-likeness (QED) is 0.830. The lowest BCUT2D eigenvalue weighted by Gasteiger charge is -2.07. The Kier molecular flexibility index (Phi) is 5.06. The summed E-state index contributed by atoms with van der Waals surface area (Å²) in [6.07, 6.45) is 0. The van der Waals surface area contributed by atoms with Crippen molar-refractivity contribution < 1.29 is 13.2 Å². The van der Waals surface area contributed by atoms with Crippen LogP contribution in [0.3, 0.4) is 0 Å². The largest absolute Gasteiger partial charge is 0.446 e. The summed E-state index contributed by atoms with van der Waals surface area (Å²) in [5.41, 5.74) is -2.30. The molecule has 0 aliphatic heterocycles. The van der Waals surface area contributed by atoms with Crippen LogP contribution in [0.2, 0.25) is 0 Å². The van der Waals surface area contributed by atoms with Gasteiger partial charge in [-0.05, 0) is 36.4 Å². The smallest absolute Gasteiger partial charge is 0.307 e. The minimum absolute atomic E-state index is 0.0961. The lowest BCUT2D eigenvalue weighted by Crippen LogP contribution is -2.12. The molecule has 1 N–H and O–H groups in total. The average molecular weight is 318 g/mol. The summed E-state index contributed by atoms with van der Waals surface area (Å²) >= 11 is 1.50. The van der Waals surface area contributed by atoms with E-state index in [1.165, 1.54) is 12.1 Å². The highest BCUT2D eigenvalue weighted by atomic mass is 32.2. The SMILES string of the molecule is Cc1nc(CNCc2ccc(SC(F)(F)F)cc2)cs1. The molecule has 7 heteroatoms. The predicted octanol–water partition coefficient (Wildman–Crippen LogP) is 4.35. The molecule has 2 rings (SSSR count). The highest BCUT2D eigenvalue weighted by Gasteiger charge is 2.28. The average Bonchev–Trinajstić information content (AvgIpc) is 2.75. The standard InChI is InChI=1S/C13H13F3N2S2/c1-9-18-11(8-19-9)7-17-6-10-2-4-12(5-3-10)20-13(14,15)16/h2-5,8,17H,6-7H2,1H3. The molecule has 0 atom stereocenters. The van der Waals surface area contributed by atoms with Crippen molar-refractivity contribution in [3.8, 4) is 0 Å². The van der Waals surface area contributed by atoms with Crippen LogP contribution >= 0.6 is 23.1 Å². The summed E-state index contributed by atoms with van der Waals surface area (Å²) in [6.45, 7) is 3.21. The van der Waals surface area contributed by atoms with Gasteiger partial charge in [0.1, 0.15) is 0 Å². The fourth-order valence-electron chi connectivity index (χ4n) is 1.63. The second-order valence-corrected chi connectivity index (χ2v) is 6.35. The maximum Gasteiger partial charge on any atom is 0.446 e. The predicted molar refractivity (Wildman–Crippen MR) is 75.7 cm³/mol. The van der Waals surface area contributed by atoms with Gasteiger partial charge < -0.3 is 5.32 Å². The first-order valence-electron chi connectivity index (χ1n) is 5.89. The molecule has 2 nitrogen and oxygen atoms in total. The van der Waals surface area contributed by atoms with E-state index in [-0.39, 0.29) is 16.7 Å². The molecule has 1 aromatic carbocycles. The summed E-state index contributed by atoms with van der Waals surface area (Å²) in [5.74, 6) is 0. The third-order valence-electron chi connectivity index (χ3n) is 2.46. The van der Waals surface area contributed by atoms with Crippen LogP contribution in [-0.2, 0) is 13.1 Å². The number of aryl methyl sites for hydroxylation is 1. The maximum absolute atomic E-state index is 12.2. The Morgan fingerprint density at radius 3 is 2.45 bits per heavy atom. The summed E-state index contributed by atoms with van der Waals surface area (Å²) in [7, 11) is 0. The zero-order chi connectivity index (χ0) is 14.6. The molecule has 0 saturated carbocycles. The minimum Gasteiger partial charge on any atom is -0.307 e. The molecular weight excluding hydrogens is 305 g/mol. The molecule has 108 valence electrons. The monoisotopic (exact) mass is 318 g/mol. The molecule has 0 saturated heterocycles. The first-order valence-corrected chi connectivity index (χ1v) is 7.58. The van der Waals surface area contributed by atoms with Crippen LogP contribution in [0.4, 0.5) is 13.2 Å². The van der Waals surface area contributed by atoms with Gasteiger partial charge >= 0.3 is 5.51 Å². The van der Waals surface area contributed by atoms with Gasteiger partial charge in [0, 0.05) is 23.4 Å². The minimum atomic E-state index is -4.23. The van der Waals surface area contributed by atoms with Crippen LogP contribution in [0.25, 0.3) is 0 Å². The molecular formula is C13H13F3N2S2. The fraction of sp³-hybridized carbons (Fsp3) is 0.308. The normalized spacial score (nSPS) is 11.8. The van der Waals surface area contributed by atoms with Gasteiger partial charge in [0.05, 0.1) is 10.7 Å². The fourth-order valence-corrected chi connectivity index (χ4v) is 2.79. The van der Waals surface area contributed by atoms with E-state index in [2.05, 4.69) is 10.3 Å². The topological polar surface area (TPSA) is 24.9 Å². The van der Waals surface area contributed by atoms with Crippen LogP contribution in [0.15, 0.2) is 34.5 Å². The number of nitrogens with one attached hydrogen (secondary N) is 1. The van der Waals surface area contributed by atoms with Crippen molar-refractivity contribution in [2.24, 2.45) is 0 Å². The van der Waals surface area contributed by atoms with Crippen LogP contribution in [0, 0.1) is 6.92 Å². The summed E-state index contributed by atoms with van der Waals surface area (Å²) in [5, 5.41) is 6.23. The van der Waals surface area contributed by atoms with E-state index >= 15 is 0 Å². The molecule has 0 radical (unpaired) electrons. The molecule has 1 heterocycles. The van der Waals surface area contributed by atoms with Gasteiger partial charge in [-0.3, -0.25) is 0 Å². The van der Waals surface area contributed by atoms with Crippen LogP contribution < -0.4 is 5.32 Å². The van der Waals surface area contributed by atoms with Crippen molar-refractivity contribution in [2.45, 2.75) is 30.4 Å². The maximum atomic E-state index is 12.2. The van der Waals surface area contributed by atoms with E-state index in [9.17, 15) is 13.2 Å². The molecule has 1 aromatic heterocycles. The highest BCUT2D eigenvalue weighted by molar-refractivity contribution is 8.00. The van der Waals surface area contributed by atoms with Crippen LogP contribution in [0.1, 0.15) is 16.3 Å². The van der Waals surface area contributed by atoms with Gasteiger partial charge in [-0.1, -0.05) is 12.1 Å². The Balaban J connectivity index is 1.82. The number of aromatic nitrogens is 1. The van der Waals surface area contributed by atoms with Crippen molar-refractivity contribution in [1.82, 2.24) is 10.3 Å². The van der Waals surface area contributed by atoms with E-state index < -0.39 is 5.51 Å². The van der Waals surface area contributed by atoms with E-state index in [1.54, 1.807) is 23.5 Å². The number of benzene rings is 1. The summed E-state index contributed by atoms with van der Waals surface area (Å²) < 4.78 is 36.5.